The summed E-state index contributed by atoms with van der Waals surface area (Å²) in [5, 5.41) is 9.96. The first kappa shape index (κ1) is 72.8. The summed E-state index contributed by atoms with van der Waals surface area (Å²) in [4.78, 5) is 0. The minimum atomic E-state index is 1.13. The second-order valence-corrected chi connectivity index (χ2v) is 32.3. The molecule has 4 heterocycles. The summed E-state index contributed by atoms with van der Waals surface area (Å²) >= 11 is 0. The highest BCUT2D eigenvalue weighted by molar-refractivity contribution is 6.15. The van der Waals surface area contributed by atoms with E-state index in [0.29, 0.717) is 0 Å². The third kappa shape index (κ3) is 13.2. The number of hydrogen-bond acceptors (Lipinski definition) is 0. The van der Waals surface area contributed by atoms with E-state index < -0.39 is 0 Å². The summed E-state index contributed by atoms with van der Waals surface area (Å²) in [5.41, 5.74) is 38.2. The summed E-state index contributed by atoms with van der Waals surface area (Å²) in [6.45, 7) is 0. The number of benzene rings is 20. The van der Waals surface area contributed by atoms with Gasteiger partial charge >= 0.3 is 0 Å². The van der Waals surface area contributed by atoms with Gasteiger partial charge in [0.05, 0.1) is 44.1 Å². The third-order valence-electron chi connectivity index (χ3n) is 25.0. The molecule has 0 bridgehead atoms. The van der Waals surface area contributed by atoms with Crippen molar-refractivity contribution in [2.24, 2.45) is 0 Å². The average molecular weight is 1580 g/mol. The number of aromatic nitrogens is 4. The molecule has 24 aromatic rings. The van der Waals surface area contributed by atoms with Crippen LogP contribution in [0.3, 0.4) is 0 Å². The highest BCUT2D eigenvalue weighted by Crippen LogP contribution is 2.44. The van der Waals surface area contributed by atoms with E-state index in [4.69, 9.17) is 0 Å². The molecule has 0 radical (unpaired) electrons. The standard InChI is InChI=1S/C66H44N2.C54H36N2/c1-4-16-45(17-5-1)49-22-14-23-50(38-49)51-24-15-25-58(42-51)68-64-29-13-11-27-60(64)62-37-33-53(44-66(62)68)52-32-36-61-59-26-10-12-28-63(59)67(65(61)43-52)57-34-30-48(31-35-57)56-40-54(46-18-6-2-7-19-46)39-55(41-56)47-20-8-3-9-21-47;1-3-12-37(13-4-1)39-22-28-45(29-23-39)55-51-20-9-7-18-47(51)49-35-43(26-32-53(49)55)44-27-33-54-50(36-44)48-19-8-10-21-52(48)56(54)46-30-24-40(25-31-46)42-17-11-16-41(34-42)38-14-5-2-6-15-38/h1-44H;1-36H. The maximum atomic E-state index is 2.44. The minimum Gasteiger partial charge on any atom is -0.309 e. The van der Waals surface area contributed by atoms with Gasteiger partial charge in [-0.05, 0) is 251 Å². The minimum absolute atomic E-state index is 1.13. The van der Waals surface area contributed by atoms with Gasteiger partial charge in [-0.2, -0.15) is 0 Å². The Morgan fingerprint density at radius 2 is 0.290 bits per heavy atom. The fourth-order valence-electron chi connectivity index (χ4n) is 19.0. The van der Waals surface area contributed by atoms with E-state index in [-0.39, 0.29) is 0 Å². The van der Waals surface area contributed by atoms with Gasteiger partial charge < -0.3 is 18.3 Å². The Labute approximate surface area is 719 Å². The lowest BCUT2D eigenvalue weighted by Gasteiger charge is -2.13. The van der Waals surface area contributed by atoms with Gasteiger partial charge in [0.25, 0.3) is 0 Å². The first-order valence-electron chi connectivity index (χ1n) is 42.7. The smallest absolute Gasteiger partial charge is 0.0547 e. The van der Waals surface area contributed by atoms with Gasteiger partial charge in [0.2, 0.25) is 0 Å². The molecule has 0 saturated heterocycles. The second kappa shape index (κ2) is 31.1. The van der Waals surface area contributed by atoms with Crippen molar-refractivity contribution in [3.63, 3.8) is 0 Å². The van der Waals surface area contributed by atoms with Crippen LogP contribution in [0.15, 0.2) is 485 Å². The van der Waals surface area contributed by atoms with Gasteiger partial charge in [0.15, 0.2) is 0 Å². The summed E-state index contributed by atoms with van der Waals surface area (Å²) in [6.07, 6.45) is 0. The molecular formula is C120H80N4. The lowest BCUT2D eigenvalue weighted by molar-refractivity contribution is 1.18. The predicted octanol–water partition coefficient (Wildman–Crippen LogP) is 32.4. The van der Waals surface area contributed by atoms with Gasteiger partial charge in [-0.25, -0.2) is 0 Å². The number of nitrogens with zero attached hydrogens (tertiary/aromatic N) is 4. The number of fused-ring (bicyclic) bond motifs is 12. The van der Waals surface area contributed by atoms with Crippen LogP contribution in [0.25, 0.3) is 221 Å². The molecule has 0 atom stereocenters. The van der Waals surface area contributed by atoms with E-state index in [1.807, 2.05) is 0 Å². The predicted molar refractivity (Wildman–Crippen MR) is 525 cm³/mol. The third-order valence-corrected chi connectivity index (χ3v) is 25.0. The van der Waals surface area contributed by atoms with Crippen LogP contribution in [0, 0.1) is 0 Å². The van der Waals surface area contributed by atoms with Gasteiger partial charge in [0.1, 0.15) is 0 Å². The lowest BCUT2D eigenvalue weighted by atomic mass is 9.93. The molecular weight excluding hydrogens is 1500 g/mol. The fraction of sp³-hybridized carbons (Fsp3) is 0. The molecule has 0 spiro atoms. The molecule has 124 heavy (non-hydrogen) atoms. The molecule has 0 aliphatic carbocycles. The monoisotopic (exact) mass is 1580 g/mol. The van der Waals surface area contributed by atoms with Crippen LogP contribution in [0.4, 0.5) is 0 Å². The molecule has 20 aromatic carbocycles. The van der Waals surface area contributed by atoms with Crippen LogP contribution in [-0.2, 0) is 0 Å². The Morgan fingerprint density at radius 1 is 0.0887 bits per heavy atom. The molecule has 0 aliphatic rings. The molecule has 0 fully saturated rings. The normalized spacial score (nSPS) is 11.5. The molecule has 580 valence electrons. The van der Waals surface area contributed by atoms with Crippen LogP contribution in [0.2, 0.25) is 0 Å². The van der Waals surface area contributed by atoms with Crippen LogP contribution in [-0.4, -0.2) is 18.3 Å². The highest BCUT2D eigenvalue weighted by atomic mass is 15.0. The molecule has 24 rings (SSSR count). The van der Waals surface area contributed by atoms with Crippen molar-refractivity contribution in [1.29, 1.82) is 0 Å². The van der Waals surface area contributed by atoms with E-state index in [0.717, 1.165) is 22.7 Å². The van der Waals surface area contributed by atoms with E-state index in [9.17, 15) is 0 Å². The summed E-state index contributed by atoms with van der Waals surface area (Å²) in [5.74, 6) is 0. The van der Waals surface area contributed by atoms with Crippen molar-refractivity contribution in [2.75, 3.05) is 0 Å². The lowest BCUT2D eigenvalue weighted by Crippen LogP contribution is -1.95. The maximum Gasteiger partial charge on any atom is 0.0547 e. The van der Waals surface area contributed by atoms with Crippen molar-refractivity contribution >= 4 is 87.2 Å². The van der Waals surface area contributed by atoms with Crippen molar-refractivity contribution in [1.82, 2.24) is 18.3 Å². The number of hydrogen-bond donors (Lipinski definition) is 0. The topological polar surface area (TPSA) is 19.7 Å². The molecule has 0 aliphatic heterocycles. The molecule has 4 nitrogen and oxygen atoms in total. The van der Waals surface area contributed by atoms with Crippen LogP contribution >= 0.6 is 0 Å². The molecule has 0 saturated carbocycles. The maximum absolute atomic E-state index is 2.44. The number of para-hydroxylation sites is 4. The Bertz CT molecular complexity index is 8100. The zero-order valence-electron chi connectivity index (χ0n) is 68.0. The zero-order valence-corrected chi connectivity index (χ0v) is 68.0. The Hall–Kier alpha value is -16.4. The van der Waals surface area contributed by atoms with Crippen molar-refractivity contribution in [2.45, 2.75) is 0 Å². The van der Waals surface area contributed by atoms with E-state index >= 15 is 0 Å². The van der Waals surface area contributed by atoms with Crippen molar-refractivity contribution in [3.8, 4) is 134 Å². The number of rotatable bonds is 14. The average Bonchev–Trinajstić information content (AvgIpc) is 1.59. The first-order valence-corrected chi connectivity index (χ1v) is 42.7. The van der Waals surface area contributed by atoms with Gasteiger partial charge in [-0.15, -0.1) is 0 Å². The quantitative estimate of drug-likeness (QED) is 0.103. The van der Waals surface area contributed by atoms with Gasteiger partial charge in [0, 0.05) is 65.8 Å². The Kier molecular flexibility index (Phi) is 18.2. The van der Waals surface area contributed by atoms with Crippen LogP contribution < -0.4 is 0 Å². The summed E-state index contributed by atoms with van der Waals surface area (Å²) in [6, 6.07) is 177. The Morgan fingerprint density at radius 3 is 0.661 bits per heavy atom. The fourth-order valence-corrected chi connectivity index (χ4v) is 19.0. The molecule has 0 amide bonds. The largest absolute Gasteiger partial charge is 0.309 e. The van der Waals surface area contributed by atoms with Crippen LogP contribution in [0.1, 0.15) is 0 Å². The van der Waals surface area contributed by atoms with Gasteiger partial charge in [-0.1, -0.05) is 346 Å². The first-order chi connectivity index (χ1) is 61.5. The van der Waals surface area contributed by atoms with E-state index in [1.54, 1.807) is 0 Å². The SMILES string of the molecule is c1ccc(-c2ccc(-n3c4ccccc4c4cc(-c5ccc6c(c5)c5ccccc5n6-c5ccc(-c6cccc(-c7ccccc7)c6)cc5)ccc43)cc2)cc1.c1ccc(-c2cccc(-c3cccc(-n4c5ccccc5c5ccc(-c6ccc7c8ccccc8n(-c8ccc(-c9cc(-c%10ccccc%10)cc(-c%10ccccc%10)c9)cc8)c7c6)cc54)c3)c2)cc1. The van der Waals surface area contributed by atoms with Gasteiger partial charge in [-0.3, -0.25) is 0 Å². The highest BCUT2D eigenvalue weighted by Gasteiger charge is 2.22. The van der Waals surface area contributed by atoms with Crippen molar-refractivity contribution in [3.05, 3.63) is 485 Å². The second-order valence-electron chi connectivity index (χ2n) is 32.3. The van der Waals surface area contributed by atoms with Crippen molar-refractivity contribution < 1.29 is 0 Å². The molecule has 4 aromatic heterocycles. The zero-order chi connectivity index (χ0) is 82.0. The van der Waals surface area contributed by atoms with Crippen LogP contribution in [0.5, 0.6) is 0 Å². The Balaban J connectivity index is 0.000000146. The van der Waals surface area contributed by atoms with E-state index in [2.05, 4.69) is 504 Å². The molecule has 0 N–H and O–H groups in total. The summed E-state index contributed by atoms with van der Waals surface area (Å²) < 4.78 is 9.67. The molecule has 4 heteroatoms. The summed E-state index contributed by atoms with van der Waals surface area (Å²) in [7, 11) is 0. The molecule has 0 unspecified atom stereocenters. The van der Waals surface area contributed by atoms with E-state index in [1.165, 1.54) is 198 Å².